The first kappa shape index (κ1) is 28.0. The van der Waals surface area contributed by atoms with E-state index in [1.165, 1.54) is 14.2 Å². The molecule has 210 valence electrons. The first-order valence-corrected chi connectivity index (χ1v) is 13.2. The van der Waals surface area contributed by atoms with Gasteiger partial charge < -0.3 is 18.9 Å². The molecule has 8 heteroatoms. The number of hydrogen-bond acceptors (Lipinski definition) is 8. The molecule has 4 aromatic carbocycles. The lowest BCUT2D eigenvalue weighted by molar-refractivity contribution is 0.0575. The number of carbonyl (C=O) groups is 2. The van der Waals surface area contributed by atoms with Gasteiger partial charge in [-0.15, -0.1) is 10.2 Å². The van der Waals surface area contributed by atoms with Crippen molar-refractivity contribution in [2.24, 2.45) is 0 Å². The fraction of sp³-hybridized carbons (Fsp3) is 0.118. The monoisotopic (exact) mass is 560 g/mol. The maximum atomic E-state index is 12.9. The summed E-state index contributed by atoms with van der Waals surface area (Å²) < 4.78 is 21.9. The Morgan fingerprint density at radius 3 is 1.21 bits per heavy atom. The van der Waals surface area contributed by atoms with Gasteiger partial charge in [-0.1, -0.05) is 84.9 Å². The third-order valence-corrected chi connectivity index (χ3v) is 6.51. The topological polar surface area (TPSA) is 96.8 Å². The lowest BCUT2D eigenvalue weighted by Crippen LogP contribution is -2.15. The van der Waals surface area contributed by atoms with Crippen LogP contribution in [0.5, 0.6) is 11.5 Å². The molecule has 0 bridgehead atoms. The van der Waals surface area contributed by atoms with Crippen LogP contribution < -0.4 is 9.47 Å². The normalized spacial score (nSPS) is 10.5. The van der Waals surface area contributed by atoms with Crippen molar-refractivity contribution >= 4 is 11.9 Å². The lowest BCUT2D eigenvalue weighted by atomic mass is 9.92. The number of esters is 2. The highest BCUT2D eigenvalue weighted by Gasteiger charge is 2.27. The van der Waals surface area contributed by atoms with Crippen LogP contribution >= 0.6 is 0 Å². The van der Waals surface area contributed by atoms with Gasteiger partial charge in [-0.05, 0) is 46.5 Å². The van der Waals surface area contributed by atoms with Crippen molar-refractivity contribution in [3.8, 4) is 33.8 Å². The molecule has 0 aliphatic heterocycles. The van der Waals surface area contributed by atoms with E-state index in [-0.39, 0.29) is 11.4 Å². The van der Waals surface area contributed by atoms with Crippen LogP contribution in [0.15, 0.2) is 109 Å². The summed E-state index contributed by atoms with van der Waals surface area (Å²) in [6.07, 6.45) is 0. The number of hydrogen-bond donors (Lipinski definition) is 0. The van der Waals surface area contributed by atoms with Crippen LogP contribution in [-0.2, 0) is 22.7 Å². The van der Waals surface area contributed by atoms with Gasteiger partial charge >= 0.3 is 11.9 Å². The van der Waals surface area contributed by atoms with E-state index in [0.29, 0.717) is 47.0 Å². The van der Waals surface area contributed by atoms with Crippen LogP contribution in [0.2, 0.25) is 0 Å². The van der Waals surface area contributed by atoms with Gasteiger partial charge in [0.2, 0.25) is 0 Å². The lowest BCUT2D eigenvalue weighted by Gasteiger charge is -2.17. The van der Waals surface area contributed by atoms with Gasteiger partial charge in [0.1, 0.15) is 24.7 Å². The largest absolute Gasteiger partial charge is 0.489 e. The molecule has 0 saturated heterocycles. The van der Waals surface area contributed by atoms with Crippen LogP contribution in [0.4, 0.5) is 0 Å². The summed E-state index contributed by atoms with van der Waals surface area (Å²) in [4.78, 5) is 25.7. The van der Waals surface area contributed by atoms with Gasteiger partial charge in [0.15, 0.2) is 11.4 Å². The van der Waals surface area contributed by atoms with Crippen LogP contribution in [0.3, 0.4) is 0 Å². The molecule has 0 aliphatic carbocycles. The van der Waals surface area contributed by atoms with E-state index in [2.05, 4.69) is 10.2 Å². The van der Waals surface area contributed by atoms with Crippen molar-refractivity contribution < 1.29 is 28.5 Å². The van der Waals surface area contributed by atoms with E-state index < -0.39 is 11.9 Å². The van der Waals surface area contributed by atoms with Crippen LogP contribution in [0, 0.1) is 0 Å². The van der Waals surface area contributed by atoms with Crippen LogP contribution in [0.1, 0.15) is 32.1 Å². The van der Waals surface area contributed by atoms with Crippen molar-refractivity contribution in [2.45, 2.75) is 13.2 Å². The molecule has 8 nitrogen and oxygen atoms in total. The first-order valence-electron chi connectivity index (χ1n) is 13.2. The minimum Gasteiger partial charge on any atom is -0.489 e. The highest BCUT2D eigenvalue weighted by atomic mass is 16.5. The molecule has 0 atom stereocenters. The summed E-state index contributed by atoms with van der Waals surface area (Å²) in [5.41, 5.74) is 3.98. The van der Waals surface area contributed by atoms with Gasteiger partial charge in [0.05, 0.1) is 14.2 Å². The minimum atomic E-state index is -0.692. The summed E-state index contributed by atoms with van der Waals surface area (Å²) in [7, 11) is 2.53. The quantitative estimate of drug-likeness (QED) is 0.178. The molecule has 0 N–H and O–H groups in total. The molecule has 0 aliphatic rings. The van der Waals surface area contributed by atoms with Crippen molar-refractivity contribution in [1.82, 2.24) is 10.2 Å². The van der Waals surface area contributed by atoms with E-state index in [1.54, 1.807) is 48.5 Å². The third-order valence-electron chi connectivity index (χ3n) is 6.51. The minimum absolute atomic E-state index is 0.0393. The van der Waals surface area contributed by atoms with Crippen LogP contribution in [-0.4, -0.2) is 36.4 Å². The van der Waals surface area contributed by atoms with E-state index in [1.807, 2.05) is 60.7 Å². The van der Waals surface area contributed by atoms with E-state index in [4.69, 9.17) is 18.9 Å². The Kier molecular flexibility index (Phi) is 8.84. The second kappa shape index (κ2) is 13.2. The van der Waals surface area contributed by atoms with E-state index in [0.717, 1.165) is 11.1 Å². The Morgan fingerprint density at radius 1 is 0.524 bits per heavy atom. The highest BCUT2D eigenvalue weighted by Crippen LogP contribution is 2.38. The second-order valence-electron chi connectivity index (χ2n) is 9.23. The summed E-state index contributed by atoms with van der Waals surface area (Å²) in [5.74, 6) is -0.109. The average Bonchev–Trinajstić information content (AvgIpc) is 3.06. The average molecular weight is 561 g/mol. The Bertz CT molecular complexity index is 1530. The number of nitrogens with zero attached hydrogens (tertiary/aromatic N) is 2. The molecule has 5 aromatic rings. The maximum absolute atomic E-state index is 12.9. The van der Waals surface area contributed by atoms with Crippen LogP contribution in [0.25, 0.3) is 22.3 Å². The van der Waals surface area contributed by atoms with Gasteiger partial charge in [-0.3, -0.25) is 0 Å². The molecule has 0 amide bonds. The molecule has 0 spiro atoms. The molecule has 5 rings (SSSR count). The molecular formula is C34H28N2O6. The smallest absolute Gasteiger partial charge is 0.359 e. The van der Waals surface area contributed by atoms with Gasteiger partial charge in [-0.2, -0.15) is 0 Å². The summed E-state index contributed by atoms with van der Waals surface area (Å²) in [6, 6.07) is 34.0. The summed E-state index contributed by atoms with van der Waals surface area (Å²) in [5, 5.41) is 8.16. The number of methoxy groups -OCH3 is 2. The zero-order valence-corrected chi connectivity index (χ0v) is 23.2. The van der Waals surface area contributed by atoms with E-state index >= 15 is 0 Å². The first-order chi connectivity index (χ1) is 20.6. The molecular weight excluding hydrogens is 532 g/mol. The predicted octanol–water partition coefficient (Wildman–Crippen LogP) is 6.54. The second-order valence-corrected chi connectivity index (χ2v) is 9.23. The maximum Gasteiger partial charge on any atom is 0.359 e. The molecule has 0 fully saturated rings. The number of ether oxygens (including phenoxy) is 4. The highest BCUT2D eigenvalue weighted by molar-refractivity contribution is 6.06. The van der Waals surface area contributed by atoms with Gasteiger partial charge in [0, 0.05) is 11.1 Å². The van der Waals surface area contributed by atoms with Crippen molar-refractivity contribution in [3.05, 3.63) is 132 Å². The molecule has 0 radical (unpaired) electrons. The molecule has 0 unspecified atom stereocenters. The SMILES string of the molecule is COC(=O)c1nnc(C(=O)OC)c(-c2ccc(OCc3ccccc3)cc2)c1-c1ccc(OCc2ccccc2)cc1. The Balaban J connectivity index is 1.53. The number of aromatic nitrogens is 2. The Hall–Kier alpha value is -5.50. The van der Waals surface area contributed by atoms with Gasteiger partial charge in [0.25, 0.3) is 0 Å². The fourth-order valence-electron chi connectivity index (χ4n) is 4.40. The number of benzene rings is 4. The number of carbonyl (C=O) groups excluding carboxylic acids is 2. The third kappa shape index (κ3) is 6.45. The zero-order valence-electron chi connectivity index (χ0n) is 23.2. The fourth-order valence-corrected chi connectivity index (χ4v) is 4.40. The summed E-state index contributed by atoms with van der Waals surface area (Å²) >= 11 is 0. The zero-order chi connectivity index (χ0) is 29.3. The van der Waals surface area contributed by atoms with Crippen molar-refractivity contribution in [3.63, 3.8) is 0 Å². The molecule has 1 heterocycles. The van der Waals surface area contributed by atoms with Gasteiger partial charge in [-0.25, -0.2) is 9.59 Å². The van der Waals surface area contributed by atoms with Crippen molar-refractivity contribution in [1.29, 1.82) is 0 Å². The van der Waals surface area contributed by atoms with E-state index in [9.17, 15) is 9.59 Å². The molecule has 1 aromatic heterocycles. The summed E-state index contributed by atoms with van der Waals surface area (Å²) in [6.45, 7) is 0.807. The Morgan fingerprint density at radius 2 is 0.881 bits per heavy atom. The number of rotatable bonds is 10. The molecule has 0 saturated carbocycles. The standard InChI is InChI=1S/C34H28N2O6/c1-39-33(37)31-29(25-13-17-27(18-14-25)41-21-23-9-5-3-6-10-23)30(32(36-35-31)34(38)40-2)26-15-19-28(20-16-26)42-22-24-11-7-4-8-12-24/h3-20H,21-22H2,1-2H3. The van der Waals surface area contributed by atoms with Crippen molar-refractivity contribution in [2.75, 3.05) is 14.2 Å². The predicted molar refractivity (Wildman–Crippen MR) is 157 cm³/mol. The Labute approximate surface area is 243 Å². The molecule has 42 heavy (non-hydrogen) atoms.